The molecule has 2 rings (SSSR count). The number of nitrogens with zero attached hydrogens (tertiary/aromatic N) is 1. The number of rotatable bonds is 3. The number of benzene rings is 1. The Labute approximate surface area is 121 Å². The van der Waals surface area contributed by atoms with E-state index in [0.717, 1.165) is 0 Å². The van der Waals surface area contributed by atoms with Crippen molar-refractivity contribution in [3.8, 4) is 5.69 Å². The average Bonchev–Trinajstić information content (AvgIpc) is 2.78. The largest absolute Gasteiger partial charge is 0.462 e. The molecule has 0 saturated heterocycles. The molecule has 0 radical (unpaired) electrons. The molecule has 112 valence electrons. The molecule has 0 spiro atoms. The summed E-state index contributed by atoms with van der Waals surface area (Å²) >= 11 is 0.224. The Kier molecular flexibility index (Phi) is 4.17. The minimum absolute atomic E-state index is 0.0432. The number of hydrogen-bond acceptors (Lipinski definition) is 4. The van der Waals surface area contributed by atoms with Crippen molar-refractivity contribution in [3.05, 3.63) is 50.6 Å². The number of carbonyl (C=O) groups excluding carboxylic acids is 1. The quantitative estimate of drug-likeness (QED) is 0.817. The van der Waals surface area contributed by atoms with E-state index in [0.29, 0.717) is 4.57 Å². The molecule has 0 fully saturated rings. The van der Waals surface area contributed by atoms with Crippen LogP contribution in [-0.4, -0.2) is 17.1 Å². The second-order valence-electron chi connectivity index (χ2n) is 3.93. The van der Waals surface area contributed by atoms with Gasteiger partial charge in [0, 0.05) is 0 Å². The molecule has 0 aliphatic heterocycles. The summed E-state index contributed by atoms with van der Waals surface area (Å²) in [5.41, 5.74) is -1.26. The molecular formula is C13H10F3NO3S. The van der Waals surface area contributed by atoms with Gasteiger partial charge in [0.2, 0.25) is 0 Å². The zero-order chi connectivity index (χ0) is 15.6. The number of halogens is 3. The highest BCUT2D eigenvalue weighted by atomic mass is 32.1. The molecule has 2 aromatic rings. The lowest BCUT2D eigenvalue weighted by molar-refractivity contribution is -0.142. The molecule has 8 heteroatoms. The third-order valence-electron chi connectivity index (χ3n) is 2.55. The van der Waals surface area contributed by atoms with Crippen molar-refractivity contribution >= 4 is 17.3 Å². The Hall–Kier alpha value is -2.09. The zero-order valence-corrected chi connectivity index (χ0v) is 11.6. The molecule has 4 nitrogen and oxygen atoms in total. The molecule has 1 heterocycles. The molecule has 21 heavy (non-hydrogen) atoms. The Morgan fingerprint density at radius 3 is 2.43 bits per heavy atom. The fourth-order valence-electron chi connectivity index (χ4n) is 1.78. The number of para-hydroxylation sites is 1. The van der Waals surface area contributed by atoms with E-state index in [1.807, 2.05) is 0 Å². The van der Waals surface area contributed by atoms with E-state index < -0.39 is 27.6 Å². The summed E-state index contributed by atoms with van der Waals surface area (Å²) in [6.45, 7) is 1.40. The van der Waals surface area contributed by atoms with Crippen LogP contribution in [0.3, 0.4) is 0 Å². The normalized spacial score (nSPS) is 11.4. The first kappa shape index (κ1) is 15.3. The number of alkyl halides is 3. The smallest absolute Gasteiger partial charge is 0.433 e. The minimum Gasteiger partial charge on any atom is -0.462 e. The van der Waals surface area contributed by atoms with Crippen LogP contribution in [0.2, 0.25) is 0 Å². The molecule has 1 aromatic heterocycles. The van der Waals surface area contributed by atoms with Crippen LogP contribution in [0.1, 0.15) is 22.3 Å². The second-order valence-corrected chi connectivity index (χ2v) is 4.90. The maximum atomic E-state index is 13.2. The highest BCUT2D eigenvalue weighted by molar-refractivity contribution is 7.11. The predicted octanol–water partition coefficient (Wildman–Crippen LogP) is 3.09. The number of hydrogen-bond donors (Lipinski definition) is 0. The van der Waals surface area contributed by atoms with Gasteiger partial charge in [-0.15, -0.1) is 0 Å². The summed E-state index contributed by atoms with van der Waals surface area (Å²) in [5.74, 6) is -1.15. The third kappa shape index (κ3) is 2.99. The van der Waals surface area contributed by atoms with Gasteiger partial charge in [-0.1, -0.05) is 29.5 Å². The van der Waals surface area contributed by atoms with Crippen molar-refractivity contribution in [1.29, 1.82) is 0 Å². The topological polar surface area (TPSA) is 48.3 Å². The average molecular weight is 317 g/mol. The van der Waals surface area contributed by atoms with Crippen molar-refractivity contribution in [2.24, 2.45) is 0 Å². The molecule has 1 aromatic carbocycles. The van der Waals surface area contributed by atoms with E-state index in [2.05, 4.69) is 4.74 Å². The lowest BCUT2D eigenvalue weighted by Gasteiger charge is -2.12. The van der Waals surface area contributed by atoms with Crippen LogP contribution in [-0.2, 0) is 10.9 Å². The van der Waals surface area contributed by atoms with Crippen molar-refractivity contribution in [2.75, 3.05) is 6.61 Å². The summed E-state index contributed by atoms with van der Waals surface area (Å²) in [6.07, 6.45) is -4.85. The predicted molar refractivity (Wildman–Crippen MR) is 70.9 cm³/mol. The van der Waals surface area contributed by atoms with Crippen molar-refractivity contribution in [1.82, 2.24) is 4.57 Å². The Balaban J connectivity index is 2.72. The molecule has 0 aliphatic carbocycles. The van der Waals surface area contributed by atoms with Gasteiger partial charge in [-0.3, -0.25) is 9.36 Å². The Morgan fingerprint density at radius 2 is 1.90 bits per heavy atom. The van der Waals surface area contributed by atoms with Crippen LogP contribution in [0.4, 0.5) is 13.2 Å². The molecule has 0 atom stereocenters. The highest BCUT2D eigenvalue weighted by Gasteiger charge is 2.42. The highest BCUT2D eigenvalue weighted by Crippen LogP contribution is 2.35. The van der Waals surface area contributed by atoms with Gasteiger partial charge in [-0.05, 0) is 19.1 Å². The van der Waals surface area contributed by atoms with Crippen LogP contribution in [0.15, 0.2) is 35.1 Å². The van der Waals surface area contributed by atoms with Crippen LogP contribution in [0.5, 0.6) is 0 Å². The molecule has 0 bridgehead atoms. The third-order valence-corrected chi connectivity index (χ3v) is 3.48. The monoisotopic (exact) mass is 317 g/mol. The summed E-state index contributed by atoms with van der Waals surface area (Å²) in [4.78, 5) is 21.9. The Bertz CT molecular complexity index is 704. The summed E-state index contributed by atoms with van der Waals surface area (Å²) in [7, 11) is 0. The fourth-order valence-corrected chi connectivity index (χ4v) is 2.68. The number of ether oxygens (including phenoxy) is 1. The van der Waals surface area contributed by atoms with E-state index >= 15 is 0 Å². The van der Waals surface area contributed by atoms with Crippen LogP contribution < -0.4 is 4.87 Å². The molecule has 0 saturated carbocycles. The molecule has 0 aliphatic rings. The first-order valence-corrected chi connectivity index (χ1v) is 6.73. The van der Waals surface area contributed by atoms with Gasteiger partial charge in [0.1, 0.15) is 4.88 Å². The number of carbonyl (C=O) groups is 1. The SMILES string of the molecule is CCOC(=O)c1sc(=O)n(-c2ccccc2)c1C(F)(F)F. The van der Waals surface area contributed by atoms with Crippen LogP contribution >= 0.6 is 11.3 Å². The maximum Gasteiger partial charge on any atom is 0.433 e. The van der Waals surface area contributed by atoms with Crippen molar-refractivity contribution in [2.45, 2.75) is 13.1 Å². The fraction of sp³-hybridized carbons (Fsp3) is 0.231. The summed E-state index contributed by atoms with van der Waals surface area (Å²) < 4.78 is 44.8. The van der Waals surface area contributed by atoms with E-state index in [-0.39, 0.29) is 23.6 Å². The van der Waals surface area contributed by atoms with Crippen LogP contribution in [0.25, 0.3) is 5.69 Å². The van der Waals surface area contributed by atoms with E-state index in [1.54, 1.807) is 6.07 Å². The number of esters is 1. The van der Waals surface area contributed by atoms with Gasteiger partial charge >= 0.3 is 17.0 Å². The van der Waals surface area contributed by atoms with Crippen molar-refractivity contribution in [3.63, 3.8) is 0 Å². The first-order valence-electron chi connectivity index (χ1n) is 5.91. The van der Waals surface area contributed by atoms with Gasteiger partial charge in [0.15, 0.2) is 5.69 Å². The molecule has 0 N–H and O–H groups in total. The second kappa shape index (κ2) is 5.72. The maximum absolute atomic E-state index is 13.2. The van der Waals surface area contributed by atoms with E-state index in [4.69, 9.17) is 0 Å². The summed E-state index contributed by atoms with van der Waals surface area (Å²) in [5, 5.41) is 0. The molecule has 0 amide bonds. The van der Waals surface area contributed by atoms with Gasteiger partial charge in [-0.25, -0.2) is 4.79 Å². The van der Waals surface area contributed by atoms with Gasteiger partial charge in [-0.2, -0.15) is 13.2 Å². The van der Waals surface area contributed by atoms with Crippen LogP contribution in [0, 0.1) is 0 Å². The van der Waals surface area contributed by atoms with Gasteiger partial charge in [0.05, 0.1) is 12.3 Å². The number of aromatic nitrogens is 1. The Morgan fingerprint density at radius 1 is 1.29 bits per heavy atom. The lowest BCUT2D eigenvalue weighted by atomic mass is 10.3. The summed E-state index contributed by atoms with van der Waals surface area (Å²) in [6, 6.07) is 7.34. The molecular weight excluding hydrogens is 307 g/mol. The van der Waals surface area contributed by atoms with Gasteiger partial charge in [0.25, 0.3) is 0 Å². The standard InChI is InChI=1S/C13H10F3NO3S/c1-2-20-11(18)9-10(13(14,15)16)17(12(19)21-9)8-6-4-3-5-7-8/h3-7H,2H2,1H3. The number of thiazole rings is 1. The molecule has 0 unspecified atom stereocenters. The minimum atomic E-state index is -4.85. The first-order chi connectivity index (χ1) is 9.86. The van der Waals surface area contributed by atoms with Gasteiger partial charge < -0.3 is 4.74 Å². The van der Waals surface area contributed by atoms with E-state index in [9.17, 15) is 22.8 Å². The van der Waals surface area contributed by atoms with E-state index in [1.165, 1.54) is 31.2 Å². The van der Waals surface area contributed by atoms with Crippen molar-refractivity contribution < 1.29 is 22.7 Å². The zero-order valence-electron chi connectivity index (χ0n) is 10.8. The lowest BCUT2D eigenvalue weighted by Crippen LogP contribution is -2.21.